The van der Waals surface area contributed by atoms with E-state index in [1.165, 1.54) is 0 Å². The molecule has 0 aliphatic carbocycles. The highest BCUT2D eigenvalue weighted by atomic mass is 32.2. The molecule has 15 nitrogen and oxygen atoms in total. The normalized spacial score (nSPS) is 13.0. The summed E-state index contributed by atoms with van der Waals surface area (Å²) in [6.45, 7) is -0.645. The maximum atomic E-state index is 10.6. The summed E-state index contributed by atoms with van der Waals surface area (Å²) in [6, 6.07) is -0.940. The van der Waals surface area contributed by atoms with Crippen LogP contribution in [0, 0.1) is 0 Å². The van der Waals surface area contributed by atoms with Crippen molar-refractivity contribution in [1.82, 2.24) is 15.0 Å². The average molecular weight is 492 g/mol. The van der Waals surface area contributed by atoms with Crippen LogP contribution in [0.5, 0.6) is 18.0 Å². The molecule has 1 rings (SSSR count). The first-order chi connectivity index (χ1) is 13.9. The third kappa shape index (κ3) is 14.3. The molecule has 1 atom stereocenters. The molecule has 0 saturated heterocycles. The molecular formula is C12H18N3O12S3-3. The Labute approximate surface area is 175 Å². The van der Waals surface area contributed by atoms with Gasteiger partial charge in [0.1, 0.15) is 0 Å². The van der Waals surface area contributed by atoms with Crippen molar-refractivity contribution < 1.29 is 53.1 Å². The van der Waals surface area contributed by atoms with Crippen LogP contribution in [0.2, 0.25) is 0 Å². The molecule has 0 spiro atoms. The van der Waals surface area contributed by atoms with Crippen molar-refractivity contribution in [2.75, 3.05) is 37.9 Å². The largest absolute Gasteiger partial charge is 0.750 e. The lowest BCUT2D eigenvalue weighted by Crippen LogP contribution is -2.13. The van der Waals surface area contributed by atoms with E-state index >= 15 is 0 Å². The fraction of sp³-hybridized carbons (Fsp3) is 0.750. The monoisotopic (exact) mass is 492 g/mol. The molecule has 0 fully saturated rings. The lowest BCUT2D eigenvalue weighted by Gasteiger charge is -2.11. The molecule has 0 bridgehead atoms. The van der Waals surface area contributed by atoms with Crippen LogP contribution < -0.4 is 14.2 Å². The van der Waals surface area contributed by atoms with E-state index in [9.17, 15) is 34.7 Å². The standard InChI is InChI=1S/C12H21N3O12S3/c16-28(17)27-7-1-4-24-10-13-11(25-5-2-8-29(18,19)20)15-12(14-10)26-6-3-9-30(21,22)23/h1-9H2,(H,16,17)(H,18,19,20)(H,21,22,23)/p-3. The molecule has 0 aromatic carbocycles. The number of aromatic nitrogens is 3. The number of rotatable bonds is 16. The van der Waals surface area contributed by atoms with Gasteiger partial charge in [-0.05, 0) is 12.8 Å². The molecule has 1 aromatic rings. The second kappa shape index (κ2) is 12.9. The quantitative estimate of drug-likeness (QED) is 0.139. The van der Waals surface area contributed by atoms with Crippen LogP contribution in [0.3, 0.4) is 0 Å². The van der Waals surface area contributed by atoms with Gasteiger partial charge in [-0.3, -0.25) is 0 Å². The van der Waals surface area contributed by atoms with Gasteiger partial charge in [-0.1, -0.05) is 0 Å². The first-order valence-corrected chi connectivity index (χ1v) is 12.3. The molecule has 1 heterocycles. The van der Waals surface area contributed by atoms with Gasteiger partial charge in [0, 0.05) is 17.9 Å². The number of hydrogen-bond acceptors (Lipinski definition) is 15. The lowest BCUT2D eigenvalue weighted by molar-refractivity contribution is 0.216. The van der Waals surface area contributed by atoms with Crippen LogP contribution in [0.25, 0.3) is 0 Å². The minimum atomic E-state index is -4.41. The summed E-state index contributed by atoms with van der Waals surface area (Å²) in [5, 5.41) is 0. The van der Waals surface area contributed by atoms with Crippen LogP contribution in [0.4, 0.5) is 0 Å². The summed E-state index contributed by atoms with van der Waals surface area (Å²) in [4.78, 5) is 11.3. The predicted molar refractivity (Wildman–Crippen MR) is 94.2 cm³/mol. The van der Waals surface area contributed by atoms with Crippen molar-refractivity contribution in [2.45, 2.75) is 19.3 Å². The molecule has 174 valence electrons. The van der Waals surface area contributed by atoms with Crippen molar-refractivity contribution in [3.05, 3.63) is 0 Å². The highest BCUT2D eigenvalue weighted by molar-refractivity contribution is 7.85. The van der Waals surface area contributed by atoms with Crippen molar-refractivity contribution in [2.24, 2.45) is 0 Å². The van der Waals surface area contributed by atoms with Crippen molar-refractivity contribution >= 4 is 31.6 Å². The Bertz CT molecular complexity index is 835. The highest BCUT2D eigenvalue weighted by Crippen LogP contribution is 2.15. The van der Waals surface area contributed by atoms with Gasteiger partial charge in [-0.2, -0.15) is 0 Å². The Balaban J connectivity index is 2.67. The number of ether oxygens (including phenoxy) is 3. The van der Waals surface area contributed by atoms with Gasteiger partial charge in [0.25, 0.3) is 0 Å². The molecule has 1 unspecified atom stereocenters. The SMILES string of the molecule is O=S([O-])OCCCOc1nc(OCCCS(=O)(=O)[O-])nc(OCCCS(=O)(=O)[O-])n1. The Morgan fingerprint density at radius 2 is 1.07 bits per heavy atom. The van der Waals surface area contributed by atoms with E-state index in [-0.39, 0.29) is 63.7 Å². The van der Waals surface area contributed by atoms with Crippen molar-refractivity contribution in [3.63, 3.8) is 0 Å². The van der Waals surface area contributed by atoms with Crippen molar-refractivity contribution in [1.29, 1.82) is 0 Å². The Morgan fingerprint density at radius 1 is 0.700 bits per heavy atom. The van der Waals surface area contributed by atoms with E-state index in [1.807, 2.05) is 0 Å². The van der Waals surface area contributed by atoms with E-state index < -0.39 is 43.1 Å². The zero-order valence-corrected chi connectivity index (χ0v) is 17.8. The smallest absolute Gasteiger partial charge is 0.325 e. The Morgan fingerprint density at radius 3 is 1.40 bits per heavy atom. The van der Waals surface area contributed by atoms with E-state index in [0.29, 0.717) is 0 Å². The topological polar surface area (TPSA) is 230 Å². The predicted octanol–water partition coefficient (Wildman–Crippen LogP) is -1.92. The fourth-order valence-corrected chi connectivity index (χ4v) is 2.86. The number of nitrogens with zero attached hydrogens (tertiary/aromatic N) is 3. The van der Waals surface area contributed by atoms with Gasteiger partial charge in [0.05, 0.1) is 58.0 Å². The third-order valence-corrected chi connectivity index (χ3v) is 4.75. The van der Waals surface area contributed by atoms with Gasteiger partial charge >= 0.3 is 18.0 Å². The molecule has 0 aliphatic rings. The van der Waals surface area contributed by atoms with Gasteiger partial charge in [-0.15, -0.1) is 15.0 Å². The van der Waals surface area contributed by atoms with Gasteiger partial charge < -0.3 is 32.1 Å². The van der Waals surface area contributed by atoms with E-state index in [2.05, 4.69) is 19.1 Å². The summed E-state index contributed by atoms with van der Waals surface area (Å²) in [5.74, 6) is -1.31. The Kier molecular flexibility index (Phi) is 11.3. The molecule has 1 aromatic heterocycles. The minimum absolute atomic E-state index is 0.0526. The van der Waals surface area contributed by atoms with E-state index in [0.717, 1.165) is 0 Å². The third-order valence-electron chi connectivity index (χ3n) is 2.81. The average Bonchev–Trinajstić information content (AvgIpc) is 2.60. The zero-order chi connectivity index (χ0) is 22.6. The van der Waals surface area contributed by atoms with E-state index in [1.54, 1.807) is 0 Å². The van der Waals surface area contributed by atoms with Crippen molar-refractivity contribution in [3.8, 4) is 18.0 Å². The van der Waals surface area contributed by atoms with Crippen LogP contribution in [0.1, 0.15) is 19.3 Å². The summed E-state index contributed by atoms with van der Waals surface area (Å²) >= 11 is -2.66. The van der Waals surface area contributed by atoms with E-state index in [4.69, 9.17) is 14.2 Å². The fourth-order valence-electron chi connectivity index (χ4n) is 1.66. The summed E-state index contributed by atoms with van der Waals surface area (Å²) in [5.41, 5.74) is 0. The van der Waals surface area contributed by atoms with Gasteiger partial charge in [0.15, 0.2) is 0 Å². The molecular weight excluding hydrogens is 474 g/mol. The van der Waals surface area contributed by atoms with Gasteiger partial charge in [0.2, 0.25) is 0 Å². The molecule has 0 N–H and O–H groups in total. The molecule has 0 radical (unpaired) electrons. The summed E-state index contributed by atoms with van der Waals surface area (Å²) < 4.78 is 104. The van der Waals surface area contributed by atoms with Crippen LogP contribution in [0.15, 0.2) is 0 Å². The van der Waals surface area contributed by atoms with Crippen LogP contribution in [-0.2, 0) is 35.8 Å². The molecule has 0 aliphatic heterocycles. The van der Waals surface area contributed by atoms with Crippen LogP contribution in [-0.4, -0.2) is 87.6 Å². The lowest BCUT2D eigenvalue weighted by atomic mass is 10.5. The molecule has 18 heteroatoms. The molecule has 0 amide bonds. The van der Waals surface area contributed by atoms with Gasteiger partial charge in [-0.25, -0.2) is 21.0 Å². The first-order valence-electron chi connectivity index (χ1n) is 8.19. The Hall–Kier alpha value is -1.70. The maximum Gasteiger partial charge on any atom is 0.325 e. The highest BCUT2D eigenvalue weighted by Gasteiger charge is 2.11. The summed E-state index contributed by atoms with van der Waals surface area (Å²) in [7, 11) is -8.82. The zero-order valence-electron chi connectivity index (χ0n) is 15.3. The molecule has 30 heavy (non-hydrogen) atoms. The maximum absolute atomic E-state index is 10.6. The minimum Gasteiger partial charge on any atom is -0.750 e. The molecule has 0 saturated carbocycles. The van der Waals surface area contributed by atoms with Crippen LogP contribution >= 0.6 is 0 Å². The first kappa shape index (κ1) is 26.3. The second-order valence-corrected chi connectivity index (χ2v) is 9.03. The summed E-state index contributed by atoms with van der Waals surface area (Å²) in [6.07, 6.45) is -0.0986. The second-order valence-electron chi connectivity index (χ2n) is 5.34. The number of hydrogen-bond donors (Lipinski definition) is 0.